The van der Waals surface area contributed by atoms with Crippen molar-refractivity contribution in [3.05, 3.63) is 34.1 Å². The normalized spacial score (nSPS) is 28.3. The number of nitrogens with one attached hydrogen (secondary N) is 1. The monoisotopic (exact) mass is 240 g/mol. The predicted octanol–water partition coefficient (Wildman–Crippen LogP) is 2.76. The molecule has 78 valence electrons. The molecule has 2 nitrogen and oxygen atoms in total. The smallest absolute Gasteiger partial charge is 0.147 e. The van der Waals surface area contributed by atoms with Gasteiger partial charge in [-0.2, -0.15) is 0 Å². The zero-order valence-corrected chi connectivity index (χ0v) is 9.52. The third-order valence-electron chi connectivity index (χ3n) is 3.18. The van der Waals surface area contributed by atoms with Crippen molar-refractivity contribution in [2.45, 2.75) is 12.5 Å². The van der Waals surface area contributed by atoms with Gasteiger partial charge < -0.3 is 5.32 Å². The van der Waals surface area contributed by atoms with Crippen molar-refractivity contribution >= 4 is 28.8 Å². The summed E-state index contributed by atoms with van der Waals surface area (Å²) in [6.45, 7) is 1.12. The van der Waals surface area contributed by atoms with Crippen LogP contribution < -0.4 is 5.32 Å². The van der Waals surface area contributed by atoms with Crippen LogP contribution >= 0.6 is 23.2 Å². The number of hydrogen-bond donors (Lipinski definition) is 1. The summed E-state index contributed by atoms with van der Waals surface area (Å²) in [6.07, 6.45) is 5.23. The first-order chi connectivity index (χ1) is 7.25. The summed E-state index contributed by atoms with van der Waals surface area (Å²) >= 11 is 11.7. The fourth-order valence-electron chi connectivity index (χ4n) is 2.27. The maximum absolute atomic E-state index is 5.95. The van der Waals surface area contributed by atoms with E-state index in [0.717, 1.165) is 24.4 Å². The number of hydrogen-bond acceptors (Lipinski definition) is 2. The summed E-state index contributed by atoms with van der Waals surface area (Å²) in [7, 11) is 0. The number of rotatable bonds is 1. The van der Waals surface area contributed by atoms with Crippen molar-refractivity contribution in [1.82, 2.24) is 10.3 Å². The first-order valence-corrected chi connectivity index (χ1v) is 5.76. The van der Waals surface area contributed by atoms with Gasteiger partial charge in [-0.25, -0.2) is 4.98 Å². The van der Waals surface area contributed by atoms with Gasteiger partial charge in [0.05, 0.1) is 5.02 Å². The van der Waals surface area contributed by atoms with E-state index in [1.807, 2.05) is 6.07 Å². The van der Waals surface area contributed by atoms with Crippen LogP contribution in [0.3, 0.4) is 0 Å². The standard InChI is InChI=1S/C11H10Cl2N2/c12-9-3-7(5-15-11(9)13)8-2-1-6-4-14-10(6)8/h2-3,5-6,10,14H,1,4H2/t6-,10+/m0/s1. The first-order valence-electron chi connectivity index (χ1n) is 5.00. The highest BCUT2D eigenvalue weighted by Crippen LogP contribution is 2.38. The Balaban J connectivity index is 1.96. The highest BCUT2D eigenvalue weighted by molar-refractivity contribution is 6.41. The lowest BCUT2D eigenvalue weighted by atomic mass is 9.89. The first kappa shape index (κ1) is 9.64. The van der Waals surface area contributed by atoms with Gasteiger partial charge in [0.2, 0.25) is 0 Å². The van der Waals surface area contributed by atoms with E-state index in [4.69, 9.17) is 23.2 Å². The highest BCUT2D eigenvalue weighted by Gasteiger charge is 2.37. The molecule has 2 atom stereocenters. The van der Waals surface area contributed by atoms with Gasteiger partial charge in [-0.3, -0.25) is 0 Å². The number of nitrogens with zero attached hydrogens (tertiary/aromatic N) is 1. The molecule has 1 aliphatic heterocycles. The molecule has 1 aliphatic carbocycles. The van der Waals surface area contributed by atoms with E-state index >= 15 is 0 Å². The quantitative estimate of drug-likeness (QED) is 0.764. The van der Waals surface area contributed by atoms with Crippen LogP contribution in [0.4, 0.5) is 0 Å². The topological polar surface area (TPSA) is 24.9 Å². The van der Waals surface area contributed by atoms with E-state index in [1.165, 1.54) is 5.57 Å². The Kier molecular flexibility index (Phi) is 2.23. The number of aromatic nitrogens is 1. The van der Waals surface area contributed by atoms with Crippen LogP contribution in [0, 0.1) is 5.92 Å². The minimum absolute atomic E-state index is 0.372. The molecule has 2 heterocycles. The van der Waals surface area contributed by atoms with Crippen LogP contribution in [-0.2, 0) is 0 Å². The maximum Gasteiger partial charge on any atom is 0.147 e. The molecule has 0 bridgehead atoms. The SMILES string of the molecule is Clc1cc(C2=CC[C@H]3CN[C@@H]23)cnc1Cl. The number of pyridine rings is 1. The lowest BCUT2D eigenvalue weighted by Crippen LogP contribution is -2.50. The lowest BCUT2D eigenvalue weighted by molar-refractivity contribution is 0.307. The molecule has 0 aromatic carbocycles. The van der Waals surface area contributed by atoms with Gasteiger partial charge in [-0.05, 0) is 29.5 Å². The van der Waals surface area contributed by atoms with Gasteiger partial charge in [0.25, 0.3) is 0 Å². The lowest BCUT2D eigenvalue weighted by Gasteiger charge is -2.34. The third-order valence-corrected chi connectivity index (χ3v) is 3.86. The van der Waals surface area contributed by atoms with Gasteiger partial charge in [0.15, 0.2) is 0 Å². The predicted molar refractivity (Wildman–Crippen MR) is 62.1 cm³/mol. The molecule has 1 N–H and O–H groups in total. The summed E-state index contributed by atoms with van der Waals surface area (Å²) in [4.78, 5) is 4.07. The second-order valence-electron chi connectivity index (χ2n) is 4.04. The van der Waals surface area contributed by atoms with E-state index in [2.05, 4.69) is 16.4 Å². The third kappa shape index (κ3) is 1.48. The zero-order chi connectivity index (χ0) is 10.4. The molecule has 3 rings (SSSR count). The van der Waals surface area contributed by atoms with Crippen molar-refractivity contribution in [2.24, 2.45) is 5.92 Å². The van der Waals surface area contributed by atoms with E-state index in [-0.39, 0.29) is 0 Å². The molecule has 1 saturated heterocycles. The Bertz CT molecular complexity index is 442. The van der Waals surface area contributed by atoms with Crippen molar-refractivity contribution in [3.63, 3.8) is 0 Å². The molecule has 2 aliphatic rings. The summed E-state index contributed by atoms with van der Waals surface area (Å²) in [6, 6.07) is 2.40. The van der Waals surface area contributed by atoms with Crippen molar-refractivity contribution in [1.29, 1.82) is 0 Å². The molecule has 1 fully saturated rings. The second-order valence-corrected chi connectivity index (χ2v) is 4.80. The summed E-state index contributed by atoms with van der Waals surface area (Å²) in [5.41, 5.74) is 2.40. The average molecular weight is 241 g/mol. The number of allylic oxidation sites excluding steroid dienone is 1. The number of fused-ring (bicyclic) bond motifs is 1. The van der Waals surface area contributed by atoms with Crippen LogP contribution in [0.2, 0.25) is 10.2 Å². The minimum atomic E-state index is 0.372. The Labute approximate surface area is 98.3 Å². The Morgan fingerprint density at radius 1 is 1.40 bits per heavy atom. The van der Waals surface area contributed by atoms with Gasteiger partial charge in [-0.15, -0.1) is 0 Å². The van der Waals surface area contributed by atoms with Crippen molar-refractivity contribution in [3.8, 4) is 0 Å². The molecule has 0 unspecified atom stereocenters. The van der Waals surface area contributed by atoms with Gasteiger partial charge in [-0.1, -0.05) is 29.3 Å². The number of halogens is 2. The molecular weight excluding hydrogens is 231 g/mol. The van der Waals surface area contributed by atoms with E-state index in [1.54, 1.807) is 6.20 Å². The van der Waals surface area contributed by atoms with Crippen LogP contribution in [0.5, 0.6) is 0 Å². The summed E-state index contributed by atoms with van der Waals surface area (Å²) in [5.74, 6) is 0.773. The van der Waals surface area contributed by atoms with Crippen LogP contribution in [0.1, 0.15) is 12.0 Å². The molecular formula is C11H10Cl2N2. The Morgan fingerprint density at radius 2 is 2.27 bits per heavy atom. The molecule has 0 radical (unpaired) electrons. The van der Waals surface area contributed by atoms with Crippen LogP contribution in [-0.4, -0.2) is 17.6 Å². The molecule has 1 aromatic heterocycles. The van der Waals surface area contributed by atoms with E-state index < -0.39 is 0 Å². The van der Waals surface area contributed by atoms with Crippen molar-refractivity contribution in [2.75, 3.05) is 6.54 Å². The minimum Gasteiger partial charge on any atom is -0.309 e. The summed E-state index contributed by atoms with van der Waals surface area (Å²) in [5, 5.41) is 4.32. The van der Waals surface area contributed by atoms with Crippen LogP contribution in [0.25, 0.3) is 5.57 Å². The van der Waals surface area contributed by atoms with E-state index in [0.29, 0.717) is 16.2 Å². The fourth-order valence-corrected chi connectivity index (χ4v) is 2.54. The molecule has 0 spiro atoms. The van der Waals surface area contributed by atoms with Crippen LogP contribution in [0.15, 0.2) is 18.3 Å². The van der Waals surface area contributed by atoms with Crippen molar-refractivity contribution < 1.29 is 0 Å². The molecule has 1 aromatic rings. The largest absolute Gasteiger partial charge is 0.309 e. The fraction of sp³-hybridized carbons (Fsp3) is 0.364. The van der Waals surface area contributed by atoms with Gasteiger partial charge in [0.1, 0.15) is 5.15 Å². The maximum atomic E-state index is 5.95. The van der Waals surface area contributed by atoms with Gasteiger partial charge in [0, 0.05) is 18.8 Å². The zero-order valence-electron chi connectivity index (χ0n) is 8.00. The molecule has 15 heavy (non-hydrogen) atoms. The highest BCUT2D eigenvalue weighted by atomic mass is 35.5. The summed E-state index contributed by atoms with van der Waals surface area (Å²) < 4.78 is 0. The molecule has 0 saturated carbocycles. The van der Waals surface area contributed by atoms with Gasteiger partial charge >= 0.3 is 0 Å². The average Bonchev–Trinajstić information content (AvgIpc) is 2.46. The second kappa shape index (κ2) is 3.48. The van der Waals surface area contributed by atoms with E-state index in [9.17, 15) is 0 Å². The molecule has 4 heteroatoms. The molecule has 0 amide bonds. The Hall–Kier alpha value is -0.570. The Morgan fingerprint density at radius 3 is 2.87 bits per heavy atom.